The van der Waals surface area contributed by atoms with E-state index in [4.69, 9.17) is 4.42 Å². The molecule has 0 aliphatic carbocycles. The zero-order valence-corrected chi connectivity index (χ0v) is 8.60. The van der Waals surface area contributed by atoms with Crippen LogP contribution in [-0.2, 0) is 0 Å². The van der Waals surface area contributed by atoms with Crippen LogP contribution in [0.4, 0.5) is 0 Å². The van der Waals surface area contributed by atoms with Crippen LogP contribution in [0.3, 0.4) is 0 Å². The Balaban J connectivity index is 2.29. The molecule has 0 saturated carbocycles. The average molecular weight is 215 g/mol. The Hall–Kier alpha value is -2.30. The lowest BCUT2D eigenvalue weighted by atomic mass is 10.4. The molecule has 0 atom stereocenters. The number of pyridine rings is 1. The van der Waals surface area contributed by atoms with Gasteiger partial charge in [-0.25, -0.2) is 0 Å². The van der Waals surface area contributed by atoms with Crippen molar-refractivity contribution in [1.82, 2.24) is 14.6 Å². The maximum Gasteiger partial charge on any atom is 0.201 e. The van der Waals surface area contributed by atoms with Crippen LogP contribution in [0.5, 0.6) is 0 Å². The van der Waals surface area contributed by atoms with Crippen LogP contribution < -0.4 is 5.43 Å². The number of nitrogens with one attached hydrogen (secondary N) is 1. The van der Waals surface area contributed by atoms with Gasteiger partial charge in [-0.3, -0.25) is 14.3 Å². The van der Waals surface area contributed by atoms with Gasteiger partial charge in [-0.05, 0) is 19.1 Å². The Morgan fingerprint density at radius 2 is 2.25 bits per heavy atom. The molecule has 3 aromatic heterocycles. The molecule has 5 heteroatoms. The molecule has 0 amide bonds. The smallest absolute Gasteiger partial charge is 0.201 e. The lowest BCUT2D eigenvalue weighted by molar-refractivity contribution is 0.543. The summed E-state index contributed by atoms with van der Waals surface area (Å²) < 4.78 is 7.26. The topological polar surface area (TPSA) is 63.3 Å². The second-order valence-corrected chi connectivity index (χ2v) is 3.58. The first-order chi connectivity index (χ1) is 7.74. The van der Waals surface area contributed by atoms with Gasteiger partial charge in [-0.1, -0.05) is 0 Å². The first kappa shape index (κ1) is 8.96. The third kappa shape index (κ3) is 1.25. The predicted octanol–water partition coefficient (Wildman–Crippen LogP) is 1.59. The molecule has 0 spiro atoms. The number of H-pyrrole nitrogens is 1. The Bertz CT molecular complexity index is 705. The molecule has 0 aliphatic rings. The standard InChI is InChI=1S/C11H9N3O2/c1-7-2-3-9(16-7)11-13-12-10-6-8(15)4-5-14(10)11/h2-6,12H,1H3. The molecular weight excluding hydrogens is 206 g/mol. The number of aryl methyl sites for hydroxylation is 1. The van der Waals surface area contributed by atoms with Gasteiger partial charge in [0.15, 0.2) is 11.2 Å². The molecule has 1 N–H and O–H groups in total. The Morgan fingerprint density at radius 1 is 1.38 bits per heavy atom. The highest BCUT2D eigenvalue weighted by Gasteiger charge is 2.09. The normalized spacial score (nSPS) is 11.1. The highest BCUT2D eigenvalue weighted by Crippen LogP contribution is 2.19. The quantitative estimate of drug-likeness (QED) is 0.670. The van der Waals surface area contributed by atoms with Crippen molar-refractivity contribution in [3.8, 4) is 11.6 Å². The van der Waals surface area contributed by atoms with Gasteiger partial charge in [0.25, 0.3) is 0 Å². The number of furan rings is 1. The van der Waals surface area contributed by atoms with Gasteiger partial charge in [0, 0.05) is 18.3 Å². The second kappa shape index (κ2) is 3.10. The minimum absolute atomic E-state index is 0.0502. The highest BCUT2D eigenvalue weighted by atomic mass is 16.3. The van der Waals surface area contributed by atoms with E-state index in [1.165, 1.54) is 12.1 Å². The summed E-state index contributed by atoms with van der Waals surface area (Å²) in [6.07, 6.45) is 1.67. The summed E-state index contributed by atoms with van der Waals surface area (Å²) in [5.74, 6) is 2.16. The number of hydrogen-bond donors (Lipinski definition) is 1. The van der Waals surface area contributed by atoms with E-state index >= 15 is 0 Å². The lowest BCUT2D eigenvalue weighted by Gasteiger charge is -1.94. The van der Waals surface area contributed by atoms with Gasteiger partial charge < -0.3 is 4.42 Å². The summed E-state index contributed by atoms with van der Waals surface area (Å²) in [7, 11) is 0. The van der Waals surface area contributed by atoms with Crippen molar-refractivity contribution in [2.45, 2.75) is 6.92 Å². The van der Waals surface area contributed by atoms with Crippen molar-refractivity contribution in [3.05, 3.63) is 46.4 Å². The predicted molar refractivity (Wildman–Crippen MR) is 58.3 cm³/mol. The molecule has 5 nitrogen and oxygen atoms in total. The molecular formula is C11H9N3O2. The molecule has 3 aromatic rings. The fourth-order valence-corrected chi connectivity index (χ4v) is 1.64. The number of rotatable bonds is 1. The number of fused-ring (bicyclic) bond motifs is 1. The Kier molecular flexibility index (Phi) is 1.73. The second-order valence-electron chi connectivity index (χ2n) is 3.58. The number of aromatic amines is 1. The van der Waals surface area contributed by atoms with Crippen molar-refractivity contribution in [1.29, 1.82) is 0 Å². The monoisotopic (exact) mass is 215 g/mol. The van der Waals surface area contributed by atoms with E-state index in [0.29, 0.717) is 17.2 Å². The van der Waals surface area contributed by atoms with Crippen LogP contribution in [0.25, 0.3) is 17.2 Å². The zero-order chi connectivity index (χ0) is 11.1. The van der Waals surface area contributed by atoms with Crippen molar-refractivity contribution in [2.75, 3.05) is 0 Å². The minimum Gasteiger partial charge on any atom is -0.458 e. The third-order valence-electron chi connectivity index (χ3n) is 2.39. The summed E-state index contributed by atoms with van der Waals surface area (Å²) in [5, 5.41) is 6.92. The first-order valence-corrected chi connectivity index (χ1v) is 4.88. The number of nitrogens with zero attached hydrogens (tertiary/aromatic N) is 2. The molecule has 0 aromatic carbocycles. The molecule has 0 aliphatic heterocycles. The summed E-state index contributed by atoms with van der Waals surface area (Å²) >= 11 is 0. The van der Waals surface area contributed by atoms with Gasteiger partial charge in [-0.15, -0.1) is 0 Å². The summed E-state index contributed by atoms with van der Waals surface area (Å²) in [4.78, 5) is 11.1. The van der Waals surface area contributed by atoms with E-state index in [1.54, 1.807) is 10.6 Å². The minimum atomic E-state index is -0.0502. The Labute approximate surface area is 90.3 Å². The number of hydrogen-bond acceptors (Lipinski definition) is 3. The van der Waals surface area contributed by atoms with Gasteiger partial charge in [0.1, 0.15) is 11.4 Å². The molecule has 0 unspecified atom stereocenters. The summed E-state index contributed by atoms with van der Waals surface area (Å²) in [6.45, 7) is 1.87. The molecule has 3 heterocycles. The van der Waals surface area contributed by atoms with Gasteiger partial charge in [0.2, 0.25) is 5.82 Å². The summed E-state index contributed by atoms with van der Waals surface area (Å²) in [5.41, 5.74) is 0.599. The van der Waals surface area contributed by atoms with E-state index in [9.17, 15) is 4.79 Å². The van der Waals surface area contributed by atoms with E-state index in [2.05, 4.69) is 10.2 Å². The van der Waals surface area contributed by atoms with E-state index in [1.807, 2.05) is 19.1 Å². The SMILES string of the molecule is Cc1ccc(-c2n[nH]c3cc(=O)ccn23)o1. The van der Waals surface area contributed by atoms with Crippen LogP contribution in [0.1, 0.15) is 5.76 Å². The van der Waals surface area contributed by atoms with Crippen LogP contribution in [0, 0.1) is 6.92 Å². The zero-order valence-electron chi connectivity index (χ0n) is 8.60. The molecule has 80 valence electrons. The fourth-order valence-electron chi connectivity index (χ4n) is 1.64. The fraction of sp³-hybridized carbons (Fsp3) is 0.0909. The molecule has 0 radical (unpaired) electrons. The van der Waals surface area contributed by atoms with Crippen molar-refractivity contribution in [2.24, 2.45) is 0 Å². The van der Waals surface area contributed by atoms with E-state index in [0.717, 1.165) is 5.76 Å². The van der Waals surface area contributed by atoms with Crippen molar-refractivity contribution in [3.63, 3.8) is 0 Å². The Morgan fingerprint density at radius 3 is 3.00 bits per heavy atom. The van der Waals surface area contributed by atoms with Crippen LogP contribution in [-0.4, -0.2) is 14.6 Å². The van der Waals surface area contributed by atoms with Crippen LogP contribution in [0.2, 0.25) is 0 Å². The number of aromatic nitrogens is 3. The first-order valence-electron chi connectivity index (χ1n) is 4.88. The van der Waals surface area contributed by atoms with Gasteiger partial charge in [0.05, 0.1) is 0 Å². The molecule has 0 bridgehead atoms. The molecule has 3 rings (SSSR count). The summed E-state index contributed by atoms with van der Waals surface area (Å²) in [6, 6.07) is 6.70. The maximum absolute atomic E-state index is 11.1. The average Bonchev–Trinajstić information content (AvgIpc) is 2.83. The lowest BCUT2D eigenvalue weighted by Crippen LogP contribution is -1.98. The largest absolute Gasteiger partial charge is 0.458 e. The van der Waals surface area contributed by atoms with Crippen LogP contribution >= 0.6 is 0 Å². The highest BCUT2D eigenvalue weighted by molar-refractivity contribution is 5.53. The van der Waals surface area contributed by atoms with Gasteiger partial charge in [-0.2, -0.15) is 5.10 Å². The van der Waals surface area contributed by atoms with E-state index < -0.39 is 0 Å². The third-order valence-corrected chi connectivity index (χ3v) is 2.39. The maximum atomic E-state index is 11.1. The molecule has 0 fully saturated rings. The van der Waals surface area contributed by atoms with E-state index in [-0.39, 0.29) is 5.43 Å². The van der Waals surface area contributed by atoms with Crippen molar-refractivity contribution >= 4 is 5.65 Å². The van der Waals surface area contributed by atoms with Gasteiger partial charge >= 0.3 is 0 Å². The molecule has 0 saturated heterocycles. The van der Waals surface area contributed by atoms with Crippen molar-refractivity contribution < 1.29 is 4.42 Å². The van der Waals surface area contributed by atoms with Crippen LogP contribution in [0.15, 0.2) is 39.7 Å². The molecule has 16 heavy (non-hydrogen) atoms.